The van der Waals surface area contributed by atoms with Gasteiger partial charge in [0.1, 0.15) is 23.5 Å². The molecule has 3 atom stereocenters. The first-order valence-electron chi connectivity index (χ1n) is 11.9. The summed E-state index contributed by atoms with van der Waals surface area (Å²) in [6.45, 7) is 7.47. The number of amides is 2. The Morgan fingerprint density at radius 1 is 1.37 bits per heavy atom. The predicted molar refractivity (Wildman–Crippen MR) is 126 cm³/mol. The van der Waals surface area contributed by atoms with Gasteiger partial charge < -0.3 is 30.2 Å². The maximum atomic E-state index is 12.7. The standard InChI is InChI=1S/C25H34N4O6/c1-15(2)10-18(28-20(30)13-27)24(32)34-14-33-23-22(29-9-5-6-21(29)31)17-11-16(12-26)7-8-19(17)35-25(23,3)4/h7-8,11,15,18,22-23H,5-6,9-10,13-14,27H2,1-4H3,(H,28,30). The Morgan fingerprint density at radius 3 is 2.71 bits per heavy atom. The molecule has 0 spiro atoms. The SMILES string of the molecule is CC(C)CC(NC(=O)CN)C(=O)OCOC1C(N2CCCC2=O)c2cc(C#N)ccc2OC1(C)C. The summed E-state index contributed by atoms with van der Waals surface area (Å²) in [4.78, 5) is 38.9. The van der Waals surface area contributed by atoms with Gasteiger partial charge in [-0.05, 0) is 50.8 Å². The molecule has 10 heteroatoms. The highest BCUT2D eigenvalue weighted by Gasteiger charge is 2.49. The van der Waals surface area contributed by atoms with Gasteiger partial charge in [-0.1, -0.05) is 13.8 Å². The molecule has 1 fully saturated rings. The van der Waals surface area contributed by atoms with E-state index in [1.54, 1.807) is 23.1 Å². The molecular formula is C25H34N4O6. The van der Waals surface area contributed by atoms with E-state index in [0.717, 1.165) is 6.42 Å². The second kappa shape index (κ2) is 11.1. The molecule has 3 unspecified atom stereocenters. The van der Waals surface area contributed by atoms with Gasteiger partial charge in [0, 0.05) is 18.5 Å². The van der Waals surface area contributed by atoms with Crippen LogP contribution >= 0.6 is 0 Å². The van der Waals surface area contributed by atoms with Crippen LogP contribution in [0.25, 0.3) is 0 Å². The number of fused-ring (bicyclic) bond motifs is 1. The Bertz CT molecular complexity index is 1000. The lowest BCUT2D eigenvalue weighted by atomic mass is 9.85. The largest absolute Gasteiger partial charge is 0.485 e. The average Bonchev–Trinajstić information content (AvgIpc) is 3.22. The lowest BCUT2D eigenvalue weighted by molar-refractivity contribution is -0.190. The van der Waals surface area contributed by atoms with Crippen molar-refractivity contribution in [2.75, 3.05) is 19.9 Å². The molecule has 2 aliphatic heterocycles. The van der Waals surface area contributed by atoms with Gasteiger partial charge in [0.2, 0.25) is 11.8 Å². The number of carbonyl (C=O) groups is 3. The average molecular weight is 487 g/mol. The van der Waals surface area contributed by atoms with Crippen LogP contribution in [-0.2, 0) is 23.9 Å². The molecule has 2 heterocycles. The summed E-state index contributed by atoms with van der Waals surface area (Å²) >= 11 is 0. The van der Waals surface area contributed by atoms with Gasteiger partial charge in [-0.15, -0.1) is 0 Å². The van der Waals surface area contributed by atoms with E-state index in [-0.39, 0.29) is 18.4 Å². The number of hydrogen-bond donors (Lipinski definition) is 2. The molecule has 0 aliphatic carbocycles. The molecule has 1 aromatic rings. The summed E-state index contributed by atoms with van der Waals surface area (Å²) in [5.41, 5.74) is 5.63. The van der Waals surface area contributed by atoms with Crippen LogP contribution in [0.15, 0.2) is 18.2 Å². The van der Waals surface area contributed by atoms with Crippen molar-refractivity contribution in [3.63, 3.8) is 0 Å². The molecule has 3 rings (SSSR count). The Labute approximate surface area is 205 Å². The molecule has 3 N–H and O–H groups in total. The number of ether oxygens (including phenoxy) is 3. The maximum Gasteiger partial charge on any atom is 0.330 e. The Balaban J connectivity index is 1.82. The molecule has 0 bridgehead atoms. The van der Waals surface area contributed by atoms with Crippen LogP contribution in [-0.4, -0.2) is 60.3 Å². The van der Waals surface area contributed by atoms with E-state index >= 15 is 0 Å². The Morgan fingerprint density at radius 2 is 2.11 bits per heavy atom. The smallest absolute Gasteiger partial charge is 0.330 e. The third kappa shape index (κ3) is 6.10. The fourth-order valence-electron chi connectivity index (χ4n) is 4.62. The minimum absolute atomic E-state index is 0.00639. The molecule has 0 saturated carbocycles. The first-order chi connectivity index (χ1) is 16.6. The second-order valence-corrected chi connectivity index (χ2v) is 9.83. The van der Waals surface area contributed by atoms with Crippen molar-refractivity contribution < 1.29 is 28.6 Å². The van der Waals surface area contributed by atoms with Crippen LogP contribution in [0.1, 0.15) is 64.1 Å². The van der Waals surface area contributed by atoms with E-state index in [1.807, 2.05) is 27.7 Å². The third-order valence-corrected chi connectivity index (χ3v) is 6.21. The van der Waals surface area contributed by atoms with Gasteiger partial charge >= 0.3 is 5.97 Å². The zero-order valence-corrected chi connectivity index (χ0v) is 20.7. The summed E-state index contributed by atoms with van der Waals surface area (Å²) in [6, 6.07) is 5.88. The number of likely N-dealkylation sites (tertiary alicyclic amines) is 1. The fourth-order valence-corrected chi connectivity index (χ4v) is 4.62. The highest BCUT2D eigenvalue weighted by molar-refractivity contribution is 5.85. The quantitative estimate of drug-likeness (QED) is 0.397. The maximum absolute atomic E-state index is 12.7. The summed E-state index contributed by atoms with van der Waals surface area (Å²) < 4.78 is 17.7. The fraction of sp³-hybridized carbons (Fsp3) is 0.600. The van der Waals surface area contributed by atoms with Crippen molar-refractivity contribution in [2.24, 2.45) is 11.7 Å². The first-order valence-corrected chi connectivity index (χ1v) is 11.9. The second-order valence-electron chi connectivity index (χ2n) is 9.83. The van der Waals surface area contributed by atoms with Crippen LogP contribution in [0.5, 0.6) is 5.75 Å². The highest BCUT2D eigenvalue weighted by Crippen LogP contribution is 2.45. The van der Waals surface area contributed by atoms with E-state index in [4.69, 9.17) is 19.9 Å². The number of nitrogens with zero attached hydrogens (tertiary/aromatic N) is 2. The lowest BCUT2D eigenvalue weighted by Crippen LogP contribution is -2.55. The minimum Gasteiger partial charge on any atom is -0.485 e. The van der Waals surface area contributed by atoms with Crippen LogP contribution in [0.3, 0.4) is 0 Å². The summed E-state index contributed by atoms with van der Waals surface area (Å²) in [7, 11) is 0. The Hall–Kier alpha value is -3.16. The van der Waals surface area contributed by atoms with Crippen molar-refractivity contribution >= 4 is 17.8 Å². The molecule has 1 aromatic carbocycles. The van der Waals surface area contributed by atoms with Crippen LogP contribution in [0, 0.1) is 17.2 Å². The summed E-state index contributed by atoms with van der Waals surface area (Å²) in [5, 5.41) is 12.0. The van der Waals surface area contributed by atoms with Gasteiger partial charge in [0.25, 0.3) is 0 Å². The Kier molecular flexibility index (Phi) is 8.35. The molecule has 190 valence electrons. The van der Waals surface area contributed by atoms with Crippen molar-refractivity contribution in [1.82, 2.24) is 10.2 Å². The minimum atomic E-state index is -0.869. The van der Waals surface area contributed by atoms with E-state index in [0.29, 0.717) is 36.3 Å². The van der Waals surface area contributed by atoms with Gasteiger partial charge in [-0.2, -0.15) is 5.26 Å². The zero-order chi connectivity index (χ0) is 25.8. The van der Waals surface area contributed by atoms with Crippen molar-refractivity contribution in [1.29, 1.82) is 5.26 Å². The molecular weight excluding hydrogens is 452 g/mol. The zero-order valence-electron chi connectivity index (χ0n) is 20.7. The van der Waals surface area contributed by atoms with Crippen molar-refractivity contribution in [2.45, 2.75) is 70.7 Å². The summed E-state index contributed by atoms with van der Waals surface area (Å²) in [6.07, 6.45) is 0.868. The molecule has 2 aliphatic rings. The lowest BCUT2D eigenvalue weighted by Gasteiger charge is -2.47. The monoisotopic (exact) mass is 486 g/mol. The number of nitriles is 1. The molecule has 0 radical (unpaired) electrons. The number of carbonyl (C=O) groups excluding carboxylic acids is 3. The highest BCUT2D eigenvalue weighted by atomic mass is 16.7. The number of benzene rings is 1. The number of hydrogen-bond acceptors (Lipinski definition) is 8. The summed E-state index contributed by atoms with van der Waals surface area (Å²) in [5.74, 6) is -0.373. The van der Waals surface area contributed by atoms with Gasteiger partial charge in [-0.3, -0.25) is 9.59 Å². The molecule has 10 nitrogen and oxygen atoms in total. The third-order valence-electron chi connectivity index (χ3n) is 6.21. The molecule has 2 amide bonds. The van der Waals surface area contributed by atoms with E-state index in [9.17, 15) is 19.6 Å². The van der Waals surface area contributed by atoms with Gasteiger partial charge in [-0.25, -0.2) is 4.79 Å². The topological polar surface area (TPSA) is 144 Å². The van der Waals surface area contributed by atoms with Gasteiger partial charge in [0.15, 0.2) is 6.79 Å². The number of rotatable bonds is 9. The molecule has 35 heavy (non-hydrogen) atoms. The van der Waals surface area contributed by atoms with Crippen molar-refractivity contribution in [3.8, 4) is 11.8 Å². The van der Waals surface area contributed by atoms with Crippen molar-refractivity contribution in [3.05, 3.63) is 29.3 Å². The predicted octanol–water partition coefficient (Wildman–Crippen LogP) is 1.77. The number of nitrogens with two attached hydrogens (primary N) is 1. The number of esters is 1. The van der Waals surface area contributed by atoms with E-state index in [1.165, 1.54) is 0 Å². The number of nitrogens with one attached hydrogen (secondary N) is 1. The molecule has 1 saturated heterocycles. The first kappa shape index (κ1) is 26.4. The van der Waals surface area contributed by atoms with Crippen LogP contribution in [0.4, 0.5) is 0 Å². The van der Waals surface area contributed by atoms with Crippen LogP contribution in [0.2, 0.25) is 0 Å². The van der Waals surface area contributed by atoms with Crippen LogP contribution < -0.4 is 15.8 Å². The molecule has 0 aromatic heterocycles. The van der Waals surface area contributed by atoms with E-state index < -0.39 is 42.5 Å². The van der Waals surface area contributed by atoms with E-state index in [2.05, 4.69) is 11.4 Å². The normalized spacial score (nSPS) is 21.6. The van der Waals surface area contributed by atoms with Gasteiger partial charge in [0.05, 0.1) is 24.2 Å².